The molecule has 0 radical (unpaired) electrons. The monoisotopic (exact) mass is 304 g/mol. The van der Waals surface area contributed by atoms with Crippen LogP contribution in [0.15, 0.2) is 23.2 Å². The highest BCUT2D eigenvalue weighted by Crippen LogP contribution is 2.20. The molecule has 106 valence electrons. The van der Waals surface area contributed by atoms with Gasteiger partial charge in [-0.05, 0) is 30.9 Å². The van der Waals surface area contributed by atoms with Gasteiger partial charge in [0.25, 0.3) is 0 Å². The summed E-state index contributed by atoms with van der Waals surface area (Å²) in [5, 5.41) is 0.283. The predicted octanol–water partition coefficient (Wildman–Crippen LogP) is 1.78. The minimum absolute atomic E-state index is 0.173. The summed E-state index contributed by atoms with van der Waals surface area (Å²) >= 11 is 5.66. The van der Waals surface area contributed by atoms with Crippen molar-refractivity contribution in [2.75, 3.05) is 26.8 Å². The van der Waals surface area contributed by atoms with Crippen molar-refractivity contribution in [2.45, 2.75) is 17.7 Å². The van der Waals surface area contributed by atoms with E-state index in [4.69, 9.17) is 16.3 Å². The number of sulfonamides is 1. The molecule has 0 amide bonds. The highest BCUT2D eigenvalue weighted by molar-refractivity contribution is 7.89. The summed E-state index contributed by atoms with van der Waals surface area (Å²) in [5.41, 5.74) is 0. The van der Waals surface area contributed by atoms with E-state index in [2.05, 4.69) is 4.98 Å². The molecule has 0 aromatic carbocycles. The molecule has 7 heteroatoms. The van der Waals surface area contributed by atoms with Gasteiger partial charge in [-0.25, -0.2) is 17.7 Å². The van der Waals surface area contributed by atoms with Gasteiger partial charge in [-0.2, -0.15) is 0 Å². The normalized spacial score (nSPS) is 17.8. The van der Waals surface area contributed by atoms with Crippen molar-refractivity contribution < 1.29 is 13.2 Å². The van der Waals surface area contributed by atoms with Gasteiger partial charge >= 0.3 is 0 Å². The summed E-state index contributed by atoms with van der Waals surface area (Å²) in [6.07, 6.45) is 3.09. The quantitative estimate of drug-likeness (QED) is 0.796. The molecule has 1 aliphatic rings. The molecule has 1 aliphatic heterocycles. The molecular weight excluding hydrogens is 288 g/mol. The van der Waals surface area contributed by atoms with Gasteiger partial charge in [-0.1, -0.05) is 11.6 Å². The Balaban J connectivity index is 2.07. The maximum absolute atomic E-state index is 12.3. The summed E-state index contributed by atoms with van der Waals surface area (Å²) in [7, 11) is -1.89. The van der Waals surface area contributed by atoms with Crippen LogP contribution in [0.3, 0.4) is 0 Å². The summed E-state index contributed by atoms with van der Waals surface area (Å²) in [4.78, 5) is 3.99. The van der Waals surface area contributed by atoms with Gasteiger partial charge < -0.3 is 4.74 Å². The third-order valence-corrected chi connectivity index (χ3v) is 5.30. The van der Waals surface area contributed by atoms with E-state index in [9.17, 15) is 8.42 Å². The minimum Gasteiger partial charge on any atom is -0.381 e. The maximum Gasteiger partial charge on any atom is 0.244 e. The summed E-state index contributed by atoms with van der Waals surface area (Å²) in [6.45, 7) is 1.93. The van der Waals surface area contributed by atoms with Crippen LogP contribution in [0.1, 0.15) is 12.8 Å². The average molecular weight is 305 g/mol. The third-order valence-electron chi connectivity index (χ3n) is 3.26. The zero-order chi connectivity index (χ0) is 13.9. The summed E-state index contributed by atoms with van der Waals surface area (Å²) in [5.74, 6) is 0.355. The first-order chi connectivity index (χ1) is 9.00. The van der Waals surface area contributed by atoms with Gasteiger partial charge in [0.05, 0.1) is 0 Å². The number of aromatic nitrogens is 1. The van der Waals surface area contributed by atoms with Crippen LogP contribution in [0.2, 0.25) is 5.15 Å². The van der Waals surface area contributed by atoms with E-state index in [1.54, 1.807) is 7.05 Å². The molecule has 0 unspecified atom stereocenters. The number of rotatable bonds is 4. The van der Waals surface area contributed by atoms with E-state index >= 15 is 0 Å². The van der Waals surface area contributed by atoms with E-state index in [0.717, 1.165) is 12.8 Å². The summed E-state index contributed by atoms with van der Waals surface area (Å²) < 4.78 is 31.3. The van der Waals surface area contributed by atoms with Crippen molar-refractivity contribution in [1.29, 1.82) is 0 Å². The van der Waals surface area contributed by atoms with Gasteiger partial charge in [-0.3, -0.25) is 0 Å². The Hall–Kier alpha value is -0.690. The molecule has 2 heterocycles. The van der Waals surface area contributed by atoms with E-state index in [1.807, 2.05) is 0 Å². The Labute approximate surface area is 118 Å². The smallest absolute Gasteiger partial charge is 0.244 e. The summed E-state index contributed by atoms with van der Waals surface area (Å²) in [6, 6.07) is 2.96. The number of hydrogen-bond donors (Lipinski definition) is 0. The van der Waals surface area contributed by atoms with Crippen LogP contribution in [0.5, 0.6) is 0 Å². The number of hydrogen-bond acceptors (Lipinski definition) is 4. The Morgan fingerprint density at radius 3 is 2.68 bits per heavy atom. The molecule has 1 saturated heterocycles. The van der Waals surface area contributed by atoms with Crippen molar-refractivity contribution in [3.05, 3.63) is 23.5 Å². The topological polar surface area (TPSA) is 59.5 Å². The van der Waals surface area contributed by atoms with Crippen molar-refractivity contribution >= 4 is 21.6 Å². The van der Waals surface area contributed by atoms with Gasteiger partial charge in [0.15, 0.2) is 0 Å². The SMILES string of the molecule is CN(CC1CCOCC1)S(=O)(=O)c1ccc(Cl)nc1. The fourth-order valence-corrected chi connectivity index (χ4v) is 3.39. The van der Waals surface area contributed by atoms with Crippen LogP contribution >= 0.6 is 11.6 Å². The Bertz CT molecular complexity index is 512. The molecule has 5 nitrogen and oxygen atoms in total. The fourth-order valence-electron chi connectivity index (χ4n) is 2.09. The van der Waals surface area contributed by atoms with Crippen LogP contribution in [-0.4, -0.2) is 44.5 Å². The van der Waals surface area contributed by atoms with Crippen molar-refractivity contribution in [3.8, 4) is 0 Å². The lowest BCUT2D eigenvalue weighted by atomic mass is 10.0. The molecule has 0 N–H and O–H groups in total. The molecule has 0 bridgehead atoms. The second-order valence-corrected chi connectivity index (χ2v) is 7.09. The number of halogens is 1. The lowest BCUT2D eigenvalue weighted by molar-refractivity contribution is 0.0620. The standard InChI is InChI=1S/C12H17ClN2O3S/c1-15(9-10-4-6-18-7-5-10)19(16,17)11-2-3-12(13)14-8-11/h2-3,8,10H,4-7,9H2,1H3. The molecule has 2 rings (SSSR count). The van der Waals surface area contributed by atoms with Crippen LogP contribution in [0, 0.1) is 5.92 Å². The van der Waals surface area contributed by atoms with Crippen molar-refractivity contribution in [2.24, 2.45) is 5.92 Å². The van der Waals surface area contributed by atoms with E-state index in [0.29, 0.717) is 25.7 Å². The van der Waals surface area contributed by atoms with Gasteiger partial charge in [0, 0.05) is 33.0 Å². The average Bonchev–Trinajstić information content (AvgIpc) is 2.40. The number of ether oxygens (including phenoxy) is 1. The van der Waals surface area contributed by atoms with Crippen LogP contribution in [-0.2, 0) is 14.8 Å². The van der Waals surface area contributed by atoms with Gasteiger partial charge in [0.1, 0.15) is 10.0 Å². The Morgan fingerprint density at radius 1 is 1.42 bits per heavy atom. The number of pyridine rings is 1. The molecule has 0 atom stereocenters. The minimum atomic E-state index is -3.48. The van der Waals surface area contributed by atoms with E-state index in [-0.39, 0.29) is 10.0 Å². The third kappa shape index (κ3) is 3.66. The second kappa shape index (κ2) is 6.17. The number of nitrogens with zero attached hydrogens (tertiary/aromatic N) is 2. The van der Waals surface area contributed by atoms with Gasteiger partial charge in [0.2, 0.25) is 10.0 Å². The Kier molecular flexibility index (Phi) is 4.78. The molecule has 1 fully saturated rings. The highest BCUT2D eigenvalue weighted by Gasteiger charge is 2.25. The Morgan fingerprint density at radius 2 is 2.11 bits per heavy atom. The molecule has 1 aromatic rings. The fraction of sp³-hybridized carbons (Fsp3) is 0.583. The first-order valence-electron chi connectivity index (χ1n) is 6.16. The van der Waals surface area contributed by atoms with Gasteiger partial charge in [-0.15, -0.1) is 0 Å². The largest absolute Gasteiger partial charge is 0.381 e. The van der Waals surface area contributed by atoms with Crippen LogP contribution in [0.4, 0.5) is 0 Å². The van der Waals surface area contributed by atoms with Crippen LogP contribution < -0.4 is 0 Å². The first-order valence-corrected chi connectivity index (χ1v) is 7.97. The zero-order valence-corrected chi connectivity index (χ0v) is 12.3. The molecule has 0 saturated carbocycles. The molecule has 0 spiro atoms. The van der Waals surface area contributed by atoms with Crippen LogP contribution in [0.25, 0.3) is 0 Å². The molecule has 1 aromatic heterocycles. The molecule has 0 aliphatic carbocycles. The first kappa shape index (κ1) is 14.7. The maximum atomic E-state index is 12.3. The van der Waals surface area contributed by atoms with Crippen molar-refractivity contribution in [3.63, 3.8) is 0 Å². The lowest BCUT2D eigenvalue weighted by Gasteiger charge is -2.26. The zero-order valence-electron chi connectivity index (χ0n) is 10.8. The highest BCUT2D eigenvalue weighted by atomic mass is 35.5. The second-order valence-electron chi connectivity index (χ2n) is 4.66. The van der Waals surface area contributed by atoms with E-state index in [1.165, 1.54) is 22.6 Å². The van der Waals surface area contributed by atoms with Crippen molar-refractivity contribution in [1.82, 2.24) is 9.29 Å². The van der Waals surface area contributed by atoms with E-state index < -0.39 is 10.0 Å². The lowest BCUT2D eigenvalue weighted by Crippen LogP contribution is -2.34. The predicted molar refractivity (Wildman–Crippen MR) is 72.6 cm³/mol. The molecule has 19 heavy (non-hydrogen) atoms. The molecular formula is C12H17ClN2O3S.